The maximum Gasteiger partial charge on any atom is 0.347 e. The second-order valence-corrected chi connectivity index (χ2v) is 6.15. The number of hydrogen-bond acceptors (Lipinski definition) is 7. The van der Waals surface area contributed by atoms with Crippen LogP contribution >= 0.6 is 11.8 Å². The first-order valence-electron chi connectivity index (χ1n) is 8.24. The van der Waals surface area contributed by atoms with Crippen LogP contribution in [0.25, 0.3) is 22.7 Å². The number of halogens is 1. The Kier molecular flexibility index (Phi) is 4.55. The van der Waals surface area contributed by atoms with Gasteiger partial charge in [-0.15, -0.1) is 0 Å². The topological polar surface area (TPSA) is 124 Å². The summed E-state index contributed by atoms with van der Waals surface area (Å²) >= 11 is 5.94. The summed E-state index contributed by atoms with van der Waals surface area (Å²) in [7, 11) is 0. The molecule has 4 aromatic rings. The summed E-state index contributed by atoms with van der Waals surface area (Å²) in [4.78, 5) is 39.6. The van der Waals surface area contributed by atoms with E-state index in [-0.39, 0.29) is 17.7 Å². The molecule has 1 N–H and O–H groups in total. The van der Waals surface area contributed by atoms with E-state index < -0.39 is 11.2 Å². The molecule has 0 aliphatic rings. The van der Waals surface area contributed by atoms with Crippen LogP contribution in [-0.2, 0) is 13.0 Å². The van der Waals surface area contributed by atoms with Crippen LogP contribution in [0.15, 0.2) is 44.8 Å². The molecular formula is C16H14ClN7O3. The minimum atomic E-state index is -0.613. The maximum atomic E-state index is 12.4. The van der Waals surface area contributed by atoms with Crippen LogP contribution in [0.1, 0.15) is 18.7 Å². The van der Waals surface area contributed by atoms with Crippen LogP contribution in [0.5, 0.6) is 0 Å². The standard InChI is InChI=1S/C16H14ClN7O3/c17-24-13-12(19-9-20-13)15(25)23(16(24)26)8-4-2-6-11-21-14(27-22-11)10-5-1-3-7-18-10/h1,3,5,7,9H,2,4,6,8H2,(H,19,20). The Morgan fingerprint density at radius 1 is 1.19 bits per heavy atom. The molecule has 0 unspecified atom stereocenters. The van der Waals surface area contributed by atoms with Gasteiger partial charge in [0.25, 0.3) is 11.4 Å². The predicted octanol–water partition coefficient (Wildman–Crippen LogP) is 1.36. The van der Waals surface area contributed by atoms with Crippen molar-refractivity contribution in [3.63, 3.8) is 0 Å². The number of H-pyrrole nitrogens is 1. The van der Waals surface area contributed by atoms with E-state index in [0.717, 1.165) is 8.65 Å². The highest BCUT2D eigenvalue weighted by atomic mass is 35.5. The van der Waals surface area contributed by atoms with Gasteiger partial charge in [-0.05, 0) is 25.0 Å². The van der Waals surface area contributed by atoms with E-state index >= 15 is 0 Å². The minimum Gasteiger partial charge on any atom is -0.339 e. The van der Waals surface area contributed by atoms with E-state index in [1.54, 1.807) is 18.3 Å². The van der Waals surface area contributed by atoms with Gasteiger partial charge in [0.2, 0.25) is 0 Å². The molecule has 0 amide bonds. The summed E-state index contributed by atoms with van der Waals surface area (Å²) < 4.78 is 7.12. The molecule has 4 heterocycles. The summed E-state index contributed by atoms with van der Waals surface area (Å²) in [5, 5.41) is 3.93. The Balaban J connectivity index is 1.41. The number of aromatic nitrogens is 7. The molecule has 0 spiro atoms. The number of nitrogens with zero attached hydrogens (tertiary/aromatic N) is 6. The molecule has 0 atom stereocenters. The molecule has 4 rings (SSSR count). The number of fused-ring (bicyclic) bond motifs is 1. The van der Waals surface area contributed by atoms with Crippen molar-refractivity contribution >= 4 is 22.9 Å². The van der Waals surface area contributed by atoms with E-state index in [1.807, 2.05) is 6.07 Å². The Labute approximate surface area is 156 Å². The SMILES string of the molecule is O=c1c2[nH]cnc2n(Cl)c(=O)n1CCCCc1noc(-c2ccccn2)n1. The average molecular weight is 388 g/mol. The molecule has 0 radical (unpaired) electrons. The van der Waals surface area contributed by atoms with Gasteiger partial charge in [-0.3, -0.25) is 14.3 Å². The molecule has 10 nitrogen and oxygen atoms in total. The Morgan fingerprint density at radius 2 is 2.07 bits per heavy atom. The largest absolute Gasteiger partial charge is 0.347 e. The van der Waals surface area contributed by atoms with Crippen molar-refractivity contribution in [1.82, 2.24) is 33.7 Å². The zero-order valence-corrected chi connectivity index (χ0v) is 14.8. The Bertz CT molecular complexity index is 1190. The van der Waals surface area contributed by atoms with E-state index in [2.05, 4.69) is 25.1 Å². The first-order valence-corrected chi connectivity index (χ1v) is 8.58. The molecule has 0 aromatic carbocycles. The smallest absolute Gasteiger partial charge is 0.339 e. The third kappa shape index (κ3) is 3.26. The number of unbranched alkanes of at least 4 members (excludes halogenated alkanes) is 1. The molecule has 0 bridgehead atoms. The van der Waals surface area contributed by atoms with Crippen molar-refractivity contribution in [3.8, 4) is 11.6 Å². The number of hydrogen-bond donors (Lipinski definition) is 1. The molecule has 138 valence electrons. The van der Waals surface area contributed by atoms with Crippen molar-refractivity contribution in [2.45, 2.75) is 25.8 Å². The number of aromatic amines is 1. The second kappa shape index (κ2) is 7.16. The van der Waals surface area contributed by atoms with Gasteiger partial charge in [0.15, 0.2) is 17.0 Å². The summed E-state index contributed by atoms with van der Waals surface area (Å²) in [5.74, 6) is 0.901. The van der Waals surface area contributed by atoms with Crippen LogP contribution in [-0.4, -0.2) is 33.7 Å². The summed E-state index contributed by atoms with van der Waals surface area (Å²) in [6.45, 7) is 0.226. The van der Waals surface area contributed by atoms with Gasteiger partial charge in [-0.2, -0.15) is 9.07 Å². The van der Waals surface area contributed by atoms with Crippen LogP contribution in [0, 0.1) is 0 Å². The summed E-state index contributed by atoms with van der Waals surface area (Å²) in [6, 6.07) is 5.43. The lowest BCUT2D eigenvalue weighted by Crippen LogP contribution is -2.37. The molecule has 0 saturated heterocycles. The van der Waals surface area contributed by atoms with Crippen molar-refractivity contribution in [2.75, 3.05) is 0 Å². The van der Waals surface area contributed by atoms with Crippen molar-refractivity contribution in [1.29, 1.82) is 0 Å². The van der Waals surface area contributed by atoms with E-state index in [0.29, 0.717) is 36.7 Å². The predicted molar refractivity (Wildman–Crippen MR) is 96.3 cm³/mol. The number of rotatable bonds is 6. The highest BCUT2D eigenvalue weighted by Crippen LogP contribution is 2.14. The average Bonchev–Trinajstić information content (AvgIpc) is 3.36. The van der Waals surface area contributed by atoms with Crippen LogP contribution in [0.2, 0.25) is 0 Å². The normalized spacial score (nSPS) is 11.3. The fraction of sp³-hybridized carbons (Fsp3) is 0.250. The van der Waals surface area contributed by atoms with Gasteiger partial charge < -0.3 is 9.51 Å². The molecule has 0 aliphatic heterocycles. The maximum absolute atomic E-state index is 12.4. The molecule has 0 saturated carbocycles. The quantitative estimate of drug-likeness (QED) is 0.495. The first-order chi connectivity index (χ1) is 13.1. The lowest BCUT2D eigenvalue weighted by Gasteiger charge is -2.05. The molecule has 4 aromatic heterocycles. The van der Waals surface area contributed by atoms with Crippen molar-refractivity contribution in [3.05, 3.63) is 57.4 Å². The first kappa shape index (κ1) is 17.2. The summed E-state index contributed by atoms with van der Waals surface area (Å²) in [5.41, 5.74) is -0.127. The highest BCUT2D eigenvalue weighted by molar-refractivity contribution is 6.17. The lowest BCUT2D eigenvalue weighted by atomic mass is 10.2. The van der Waals surface area contributed by atoms with Crippen molar-refractivity contribution in [2.24, 2.45) is 0 Å². The molecular weight excluding hydrogens is 374 g/mol. The van der Waals surface area contributed by atoms with Crippen LogP contribution in [0.3, 0.4) is 0 Å². The number of aryl methyl sites for hydroxylation is 1. The molecule has 0 aliphatic carbocycles. The Hall–Kier alpha value is -3.27. The van der Waals surface area contributed by atoms with E-state index in [4.69, 9.17) is 16.3 Å². The molecule has 0 fully saturated rings. The monoisotopic (exact) mass is 387 g/mol. The highest BCUT2D eigenvalue weighted by Gasteiger charge is 2.14. The van der Waals surface area contributed by atoms with Gasteiger partial charge in [0.1, 0.15) is 5.69 Å². The lowest BCUT2D eigenvalue weighted by molar-refractivity contribution is 0.419. The number of pyridine rings is 1. The van der Waals surface area contributed by atoms with Crippen LogP contribution in [0.4, 0.5) is 0 Å². The fourth-order valence-electron chi connectivity index (χ4n) is 2.71. The Morgan fingerprint density at radius 3 is 2.89 bits per heavy atom. The fourth-order valence-corrected chi connectivity index (χ4v) is 2.93. The van der Waals surface area contributed by atoms with Gasteiger partial charge >= 0.3 is 5.69 Å². The van der Waals surface area contributed by atoms with Gasteiger partial charge in [0.05, 0.1) is 6.33 Å². The number of imidazole rings is 1. The third-order valence-corrected chi connectivity index (χ3v) is 4.35. The summed E-state index contributed by atoms with van der Waals surface area (Å²) in [6.07, 6.45) is 4.75. The van der Waals surface area contributed by atoms with Gasteiger partial charge in [-0.1, -0.05) is 11.2 Å². The zero-order valence-electron chi connectivity index (χ0n) is 14.0. The van der Waals surface area contributed by atoms with Gasteiger partial charge in [0, 0.05) is 30.9 Å². The minimum absolute atomic E-state index is 0.122. The number of nitrogens with one attached hydrogen (secondary N) is 1. The molecule has 11 heteroatoms. The zero-order chi connectivity index (χ0) is 18.8. The molecule has 27 heavy (non-hydrogen) atoms. The van der Waals surface area contributed by atoms with E-state index in [9.17, 15) is 9.59 Å². The third-order valence-electron chi connectivity index (χ3n) is 4.05. The van der Waals surface area contributed by atoms with Crippen LogP contribution < -0.4 is 11.2 Å². The van der Waals surface area contributed by atoms with Gasteiger partial charge in [-0.25, -0.2) is 9.78 Å². The second-order valence-electron chi connectivity index (χ2n) is 5.81. The van der Waals surface area contributed by atoms with Crippen molar-refractivity contribution < 1.29 is 4.52 Å². The van der Waals surface area contributed by atoms with E-state index in [1.165, 1.54) is 6.33 Å².